The number of aliphatic imine (C=N–C) groups is 16. The highest BCUT2D eigenvalue weighted by molar-refractivity contribution is 5.97. The van der Waals surface area contributed by atoms with Crippen LogP contribution in [0.2, 0.25) is 0 Å². The Morgan fingerprint density at radius 1 is 0.377 bits per heavy atom. The summed E-state index contributed by atoms with van der Waals surface area (Å²) in [4.78, 5) is 81.2. The first-order valence-electron chi connectivity index (χ1n) is 44.4. The van der Waals surface area contributed by atoms with Crippen molar-refractivity contribution in [2.75, 3.05) is 59.0 Å². The lowest BCUT2D eigenvalue weighted by molar-refractivity contribution is -0.138. The van der Waals surface area contributed by atoms with Gasteiger partial charge in [0.15, 0.2) is 47.7 Å². The van der Waals surface area contributed by atoms with Gasteiger partial charge in [0.1, 0.15) is 80.1 Å². The maximum atomic E-state index is 12.2. The molecule has 0 saturated carbocycles. The standard InChI is InChI=1S/C87H135N29O22/c1-47(104-69(122)45-103-84(136)71(49(3)118)116-82(134)62(39-51-22-8-5-9-23-51)106-70(123)44-101-68(121)43-102-74(126)54(91)38-50-20-6-4-7-21-50)72(124)107-59(29-18-36-98-86(94)95)75(127)110-58(28-14-17-35-90)79(131)115-65(46-117)83(135)105-48(2)73(125)108-60(30-19-37-99-87(96)97)76(128)109-56(26-12-15-33-88)77(129)113-63(40-52-42-100-55-25-11-10-24-53(52)55)80(132)111-57(27-13-16-34-89)78(130)114-64(41-67(93)120)81(133)112-61(85(137)138)31-32-66(92)119/h4-11,20-25,42,47-49,54,56-65,71,100,117-118H,12-19,26-41,43-46,88-91H2,1-3H3,(H2,92,119)(H2,93,120)(H,101,121)(H,102,126)(H,103,136)(H,104,122)(H,105,135)(H,106,123)(H,107,124)(H,108,125)(H,109,128)(H,110,127)(H,111,132)(H,112,133)(H,113,129)(H,114,130)(H,115,131)(H,116,134)(H,137,138)(H4,94,95,98)(H4,96,97,99). The van der Waals surface area contributed by atoms with E-state index in [1.165, 1.54) is 20.8 Å². The number of fused-ring (bicyclic) bond motifs is 1. The number of aliphatic hydroxyl groups excluding tert-OH is 20. The van der Waals surface area contributed by atoms with Crippen LogP contribution in [0.5, 0.6) is 0 Å². The number of nitrogens with zero attached hydrogens (tertiary/aromatic N) is 16. The van der Waals surface area contributed by atoms with E-state index >= 15 is 0 Å². The minimum atomic E-state index is -1.84. The highest BCUT2D eigenvalue weighted by Crippen LogP contribution is 2.24. The Hall–Kier alpha value is -14.6. The molecule has 4 rings (SSSR count). The number of nitrogens with one attached hydrogen (secondary N) is 7. The van der Waals surface area contributed by atoms with Crippen molar-refractivity contribution in [3.63, 3.8) is 0 Å². The average molecular weight is 1940 g/mol. The zero-order valence-corrected chi connectivity index (χ0v) is 77.0. The predicted octanol–water partition coefficient (Wildman–Crippen LogP) is 5.27. The Kier molecular flexibility index (Phi) is 52.1. The number of guanidine groups is 2. The van der Waals surface area contributed by atoms with Gasteiger partial charge in [-0.15, -0.1) is 0 Å². The number of aromatic amines is 1. The van der Waals surface area contributed by atoms with E-state index in [2.05, 4.69) is 95.5 Å². The van der Waals surface area contributed by atoms with Crippen molar-refractivity contribution < 1.29 is 112 Å². The lowest BCUT2D eigenvalue weighted by Gasteiger charge is -2.19. The van der Waals surface area contributed by atoms with Crippen molar-refractivity contribution in [2.45, 2.75) is 233 Å². The molecular formula is C87H135N29O22. The van der Waals surface area contributed by atoms with Crippen molar-refractivity contribution in [1.29, 1.82) is 21.6 Å². The second-order valence-corrected chi connectivity index (χ2v) is 31.8. The molecule has 15 atom stereocenters. The van der Waals surface area contributed by atoms with Gasteiger partial charge < -0.3 is 157 Å². The van der Waals surface area contributed by atoms with Gasteiger partial charge in [0, 0.05) is 49.5 Å². The van der Waals surface area contributed by atoms with Crippen LogP contribution >= 0.6 is 0 Å². The molecule has 0 aliphatic carbocycles. The highest BCUT2D eigenvalue weighted by atomic mass is 16.4. The van der Waals surface area contributed by atoms with Gasteiger partial charge in [-0.1, -0.05) is 78.9 Å². The first kappa shape index (κ1) is 116. The third kappa shape index (κ3) is 43.8. The molecule has 138 heavy (non-hydrogen) atoms. The van der Waals surface area contributed by atoms with Crippen molar-refractivity contribution in [1.82, 2.24) is 15.6 Å². The molecule has 51 nitrogen and oxygen atoms in total. The van der Waals surface area contributed by atoms with Crippen LogP contribution in [0.3, 0.4) is 0 Å². The molecule has 15 unspecified atom stereocenters. The van der Waals surface area contributed by atoms with E-state index in [-0.39, 0.29) is 116 Å². The monoisotopic (exact) mass is 1940 g/mol. The number of rotatable bonds is 66. The van der Waals surface area contributed by atoms with Crippen LogP contribution in [0.1, 0.15) is 140 Å². The number of unbranched alkanes of at least 4 members (excludes halogenated alkanes) is 3. The van der Waals surface area contributed by atoms with Crippen molar-refractivity contribution in [3.8, 4) is 0 Å². The summed E-state index contributed by atoms with van der Waals surface area (Å²) in [6.07, 6.45) is -0.816. The van der Waals surface area contributed by atoms with Crippen LogP contribution in [0.15, 0.2) is 171 Å². The van der Waals surface area contributed by atoms with Crippen molar-refractivity contribution >= 4 is 135 Å². The summed E-state index contributed by atoms with van der Waals surface area (Å²) in [6, 6.07) is 2.82. The second kappa shape index (κ2) is 62.2. The summed E-state index contributed by atoms with van der Waals surface area (Å²) in [5.41, 5.74) is 37.3. The van der Waals surface area contributed by atoms with Gasteiger partial charge in [0.25, 0.3) is 0 Å². The molecule has 4 aromatic rings. The molecule has 0 saturated heterocycles. The lowest BCUT2D eigenvalue weighted by Crippen LogP contribution is -2.34. The van der Waals surface area contributed by atoms with Gasteiger partial charge in [-0.3, -0.25) is 21.6 Å². The predicted molar refractivity (Wildman–Crippen MR) is 534 cm³/mol. The Morgan fingerprint density at radius 2 is 0.754 bits per heavy atom. The normalized spacial score (nSPS) is 17.3. The fourth-order valence-corrected chi connectivity index (χ4v) is 13.0. The minimum Gasteiger partial charge on any atom is -0.497 e. The van der Waals surface area contributed by atoms with Crippen LogP contribution in [-0.2, 0) is 24.1 Å². The zero-order valence-electron chi connectivity index (χ0n) is 77.0. The maximum absolute atomic E-state index is 12.2. The fourth-order valence-electron chi connectivity index (χ4n) is 13.0. The van der Waals surface area contributed by atoms with Crippen molar-refractivity contribution in [2.24, 2.45) is 114 Å². The van der Waals surface area contributed by atoms with Gasteiger partial charge in [-0.2, -0.15) is 0 Å². The third-order valence-corrected chi connectivity index (χ3v) is 20.4. The molecule has 0 radical (unpaired) electrons. The summed E-state index contributed by atoms with van der Waals surface area (Å²) >= 11 is 0. The van der Waals surface area contributed by atoms with E-state index in [0.717, 1.165) is 5.56 Å². The minimum absolute atomic E-state index is 0.0000956. The van der Waals surface area contributed by atoms with Gasteiger partial charge in [0.05, 0.1) is 25.2 Å². The number of hydrogen-bond donors (Lipinski definition) is 34. The summed E-state index contributed by atoms with van der Waals surface area (Å²) in [7, 11) is 0. The molecule has 3 aromatic carbocycles. The van der Waals surface area contributed by atoms with Gasteiger partial charge in [-0.25, -0.2) is 84.7 Å². The lowest BCUT2D eigenvalue weighted by atomic mass is 10.0. The van der Waals surface area contributed by atoms with Crippen LogP contribution in [0.4, 0.5) is 0 Å². The summed E-state index contributed by atoms with van der Waals surface area (Å²) in [6.45, 7) is 1.06. The van der Waals surface area contributed by atoms with E-state index < -0.39 is 260 Å². The summed E-state index contributed by atoms with van der Waals surface area (Å²) < 4.78 is 0. The Balaban J connectivity index is 1.75. The van der Waals surface area contributed by atoms with Gasteiger partial charge >= 0.3 is 5.97 Å². The number of aliphatic hydroxyl groups is 20. The van der Waals surface area contributed by atoms with E-state index in [1.54, 1.807) is 72.9 Å². The van der Waals surface area contributed by atoms with E-state index in [0.29, 0.717) is 41.3 Å². The van der Waals surface area contributed by atoms with Crippen molar-refractivity contribution in [3.05, 3.63) is 108 Å². The van der Waals surface area contributed by atoms with Crippen LogP contribution in [0, 0.1) is 21.6 Å². The fraction of sp³-hybridized carbons (Fsp3) is 0.529. The molecule has 0 spiro atoms. The molecule has 760 valence electrons. The summed E-state index contributed by atoms with van der Waals surface area (Å²) in [5, 5.41) is 270. The molecule has 0 aliphatic rings. The first-order chi connectivity index (χ1) is 65.6. The Labute approximate surface area is 795 Å². The number of carboxylic acids is 1. The number of hydrogen-bond acceptors (Lipinski definition) is 27. The highest BCUT2D eigenvalue weighted by Gasteiger charge is 2.33. The zero-order chi connectivity index (χ0) is 103. The largest absolute Gasteiger partial charge is 0.497 e. The van der Waals surface area contributed by atoms with Crippen LogP contribution in [-0.4, -0.2) is 386 Å². The second-order valence-electron chi connectivity index (χ2n) is 31.8. The van der Waals surface area contributed by atoms with Gasteiger partial charge in [-0.05, 0) is 159 Å². The SMILES string of the molecule is CC(N=C(O)CN=C(O)C(N=C(O)C(Cc1ccccc1)N=C(O)CN=C(O)CN=C(O)C(N)Cc1ccccc1)C(C)O)C(O)=NC(CCCNC(=N)N)C(O)=NC(CCCCN)C(O)=NC(CO)C(O)=NC(C)C(O)=NC(CCCNC(=N)N)C(O)=NC(CCCCN)C(O)=NC(Cc1c[nH]c2ccccc12)C(O)=NC(CCCCN)C(O)=NC(CC(=N)O)C(O)=NC(CCC(=N)O)C(=O)O. The smallest absolute Gasteiger partial charge is 0.328 e. The molecule has 0 amide bonds. The molecule has 0 aliphatic heterocycles. The third-order valence-electron chi connectivity index (χ3n) is 20.4. The maximum Gasteiger partial charge on any atom is 0.328 e. The van der Waals surface area contributed by atoms with E-state index in [4.69, 9.17) is 56.0 Å². The van der Waals surface area contributed by atoms with E-state index in [1.807, 2.05) is 18.2 Å². The summed E-state index contributed by atoms with van der Waals surface area (Å²) in [5.74, 6) is -17.8. The molecule has 1 aromatic heterocycles. The molecular weight excluding hydrogens is 1800 g/mol. The average Bonchev–Trinajstić information content (AvgIpc) is 1.66. The number of para-hydroxylation sites is 1. The molecule has 40 N–H and O–H groups in total. The number of carbonyl (C=O) groups is 1. The number of aliphatic carboxylic acids is 1. The van der Waals surface area contributed by atoms with Crippen LogP contribution < -0.4 is 45.0 Å². The molecule has 51 heteroatoms. The first-order valence-corrected chi connectivity index (χ1v) is 44.4. The number of carboxylic acid groups (broad SMARTS) is 1. The molecule has 0 bridgehead atoms. The topological polar surface area (TPSA) is 931 Å². The molecule has 0 fully saturated rings. The number of benzene rings is 3. The van der Waals surface area contributed by atoms with E-state index in [9.17, 15) is 112 Å². The molecule has 1 heterocycles. The Morgan fingerprint density at radius 3 is 1.22 bits per heavy atom. The Bertz CT molecular complexity index is 5040. The van der Waals surface area contributed by atoms with Gasteiger partial charge in [0.2, 0.25) is 88.5 Å². The van der Waals surface area contributed by atoms with Crippen LogP contribution in [0.25, 0.3) is 10.9 Å². The number of nitrogens with two attached hydrogens (primary N) is 6. The quantitative estimate of drug-likeness (QED) is 0.0152. The number of H-pyrrole nitrogens is 1. The number of aromatic nitrogens is 1.